The predicted octanol–water partition coefficient (Wildman–Crippen LogP) is 1.36. The van der Waals surface area contributed by atoms with Crippen molar-refractivity contribution >= 4 is 0 Å². The smallest absolute Gasteiger partial charge is 0.137 e. The second-order valence-corrected chi connectivity index (χ2v) is 6.35. The Hall–Kier alpha value is -1.06. The van der Waals surface area contributed by atoms with Gasteiger partial charge in [-0.25, -0.2) is 0 Å². The molecule has 3 nitrogen and oxygen atoms in total. The standard InChI is InChI=1S/C17H27NO2/c1-13-6-8-18(9-7-13)11-16(19)12-20-17-5-4-14(2)15(3)10-17/h4-5,10,13,16,19H,6-9,11-12H2,1-3H3/p+1/t16-/m1/s1. The van der Waals surface area contributed by atoms with Gasteiger partial charge in [-0.3, -0.25) is 0 Å². The van der Waals surface area contributed by atoms with Crippen LogP contribution in [0.3, 0.4) is 0 Å². The van der Waals surface area contributed by atoms with E-state index in [1.165, 1.54) is 42.0 Å². The van der Waals surface area contributed by atoms with Crippen LogP contribution >= 0.6 is 0 Å². The summed E-state index contributed by atoms with van der Waals surface area (Å²) < 4.78 is 5.70. The van der Waals surface area contributed by atoms with E-state index < -0.39 is 0 Å². The maximum atomic E-state index is 10.1. The lowest BCUT2D eigenvalue weighted by atomic mass is 9.99. The fraction of sp³-hybridized carbons (Fsp3) is 0.647. The number of benzene rings is 1. The molecule has 1 saturated heterocycles. The first-order valence-electron chi connectivity index (χ1n) is 7.76. The lowest BCUT2D eigenvalue weighted by Crippen LogP contribution is -3.14. The van der Waals surface area contributed by atoms with Gasteiger partial charge in [0.2, 0.25) is 0 Å². The molecule has 1 atom stereocenters. The van der Waals surface area contributed by atoms with E-state index in [-0.39, 0.29) is 6.10 Å². The van der Waals surface area contributed by atoms with E-state index >= 15 is 0 Å². The highest BCUT2D eigenvalue weighted by atomic mass is 16.5. The SMILES string of the molecule is Cc1ccc(OC[C@H](O)C[NH+]2CCC(C)CC2)cc1C. The highest BCUT2D eigenvalue weighted by Gasteiger charge is 2.21. The number of aryl methyl sites for hydroxylation is 2. The number of nitrogens with one attached hydrogen (secondary N) is 1. The van der Waals surface area contributed by atoms with Gasteiger partial charge in [0.1, 0.15) is 25.0 Å². The van der Waals surface area contributed by atoms with Gasteiger partial charge in [0.05, 0.1) is 13.1 Å². The first-order valence-corrected chi connectivity index (χ1v) is 7.76. The topological polar surface area (TPSA) is 33.9 Å². The van der Waals surface area contributed by atoms with Crippen LogP contribution in [-0.4, -0.2) is 37.5 Å². The number of aliphatic hydroxyl groups is 1. The molecule has 3 heteroatoms. The number of piperidine rings is 1. The van der Waals surface area contributed by atoms with E-state index in [2.05, 4.69) is 26.8 Å². The average Bonchev–Trinajstić information content (AvgIpc) is 2.43. The molecule has 0 bridgehead atoms. The lowest BCUT2D eigenvalue weighted by Gasteiger charge is -2.28. The molecule has 1 aliphatic heterocycles. The number of ether oxygens (including phenoxy) is 1. The Morgan fingerprint density at radius 2 is 1.95 bits per heavy atom. The van der Waals surface area contributed by atoms with E-state index in [0.29, 0.717) is 6.61 Å². The highest BCUT2D eigenvalue weighted by Crippen LogP contribution is 2.16. The zero-order valence-electron chi connectivity index (χ0n) is 13.0. The van der Waals surface area contributed by atoms with Crippen LogP contribution in [0.4, 0.5) is 0 Å². The van der Waals surface area contributed by atoms with Crippen molar-refractivity contribution in [1.29, 1.82) is 0 Å². The first-order chi connectivity index (χ1) is 9.54. The van der Waals surface area contributed by atoms with Crippen LogP contribution in [-0.2, 0) is 0 Å². The van der Waals surface area contributed by atoms with Gasteiger partial charge in [0.25, 0.3) is 0 Å². The Morgan fingerprint density at radius 3 is 2.60 bits per heavy atom. The molecule has 1 heterocycles. The molecule has 20 heavy (non-hydrogen) atoms. The van der Waals surface area contributed by atoms with E-state index in [1.807, 2.05) is 12.1 Å². The molecule has 0 spiro atoms. The summed E-state index contributed by atoms with van der Waals surface area (Å²) in [6.07, 6.45) is 2.18. The van der Waals surface area contributed by atoms with Gasteiger partial charge in [-0.1, -0.05) is 13.0 Å². The number of rotatable bonds is 5. The first kappa shape index (κ1) is 15.3. The minimum Gasteiger partial charge on any atom is -0.491 e. The third kappa shape index (κ3) is 4.50. The van der Waals surface area contributed by atoms with Crippen LogP contribution < -0.4 is 9.64 Å². The normalized spacial score (nSPS) is 24.4. The Morgan fingerprint density at radius 1 is 1.25 bits per heavy atom. The molecule has 0 aliphatic carbocycles. The maximum Gasteiger partial charge on any atom is 0.137 e. The van der Waals surface area contributed by atoms with Gasteiger partial charge in [-0.2, -0.15) is 0 Å². The summed E-state index contributed by atoms with van der Waals surface area (Å²) in [7, 11) is 0. The van der Waals surface area contributed by atoms with Gasteiger partial charge in [0, 0.05) is 0 Å². The predicted molar refractivity (Wildman–Crippen MR) is 81.4 cm³/mol. The molecule has 2 rings (SSSR count). The lowest BCUT2D eigenvalue weighted by molar-refractivity contribution is -0.909. The van der Waals surface area contributed by atoms with Crippen molar-refractivity contribution in [3.63, 3.8) is 0 Å². The van der Waals surface area contributed by atoms with E-state index in [1.54, 1.807) is 0 Å². The van der Waals surface area contributed by atoms with Gasteiger partial charge in [0.15, 0.2) is 0 Å². The van der Waals surface area contributed by atoms with Crippen LogP contribution in [0.25, 0.3) is 0 Å². The summed E-state index contributed by atoms with van der Waals surface area (Å²) in [5.41, 5.74) is 2.50. The molecule has 0 unspecified atom stereocenters. The Balaban J connectivity index is 1.74. The van der Waals surface area contributed by atoms with E-state index in [0.717, 1.165) is 18.2 Å². The monoisotopic (exact) mass is 278 g/mol. The Bertz CT molecular complexity index is 425. The highest BCUT2D eigenvalue weighted by molar-refractivity contribution is 5.33. The van der Waals surface area contributed by atoms with Crippen LogP contribution in [0.2, 0.25) is 0 Å². The van der Waals surface area contributed by atoms with Crippen LogP contribution in [0.15, 0.2) is 18.2 Å². The van der Waals surface area contributed by atoms with Crippen LogP contribution in [0, 0.1) is 19.8 Å². The van der Waals surface area contributed by atoms with Gasteiger partial charge < -0.3 is 14.7 Å². The second-order valence-electron chi connectivity index (χ2n) is 6.35. The summed E-state index contributed by atoms with van der Waals surface area (Å²) in [5, 5.41) is 10.1. The number of likely N-dealkylation sites (tertiary alicyclic amines) is 1. The summed E-state index contributed by atoms with van der Waals surface area (Å²) >= 11 is 0. The molecule has 0 amide bonds. The van der Waals surface area contributed by atoms with Crippen LogP contribution in [0.1, 0.15) is 30.9 Å². The third-order valence-corrected chi connectivity index (χ3v) is 4.43. The number of hydrogen-bond donors (Lipinski definition) is 2. The number of quaternary nitrogens is 1. The molecule has 2 N–H and O–H groups in total. The van der Waals surface area contributed by atoms with Gasteiger partial charge >= 0.3 is 0 Å². The zero-order valence-corrected chi connectivity index (χ0v) is 13.0. The van der Waals surface area contributed by atoms with Crippen LogP contribution in [0.5, 0.6) is 5.75 Å². The minimum absolute atomic E-state index is 0.375. The van der Waals surface area contributed by atoms with Crippen molar-refractivity contribution in [2.24, 2.45) is 5.92 Å². The molecule has 1 aromatic carbocycles. The fourth-order valence-corrected chi connectivity index (χ4v) is 2.76. The molecule has 1 aliphatic rings. The third-order valence-electron chi connectivity index (χ3n) is 4.43. The molecule has 1 fully saturated rings. The molecule has 1 aromatic rings. The summed E-state index contributed by atoms with van der Waals surface area (Å²) in [6.45, 7) is 10.0. The molecule has 112 valence electrons. The molecule has 0 radical (unpaired) electrons. The second kappa shape index (κ2) is 7.09. The maximum absolute atomic E-state index is 10.1. The van der Waals surface area contributed by atoms with Crippen molar-refractivity contribution in [2.45, 2.75) is 39.7 Å². The molecular weight excluding hydrogens is 250 g/mol. The zero-order chi connectivity index (χ0) is 14.5. The quantitative estimate of drug-likeness (QED) is 0.853. The molecule has 0 aromatic heterocycles. The Labute approximate surface area is 122 Å². The van der Waals surface area contributed by atoms with Gasteiger partial charge in [-0.05, 0) is 55.9 Å². The summed E-state index contributed by atoms with van der Waals surface area (Å²) in [6, 6.07) is 6.08. The minimum atomic E-state index is -0.375. The van der Waals surface area contributed by atoms with Gasteiger partial charge in [-0.15, -0.1) is 0 Å². The van der Waals surface area contributed by atoms with E-state index in [4.69, 9.17) is 4.74 Å². The van der Waals surface area contributed by atoms with Crippen molar-refractivity contribution in [3.8, 4) is 5.75 Å². The molecular formula is C17H28NO2+. The number of hydrogen-bond acceptors (Lipinski definition) is 2. The fourth-order valence-electron chi connectivity index (χ4n) is 2.76. The number of aliphatic hydroxyl groups excluding tert-OH is 1. The largest absolute Gasteiger partial charge is 0.491 e. The molecule has 0 saturated carbocycles. The van der Waals surface area contributed by atoms with E-state index in [9.17, 15) is 5.11 Å². The van der Waals surface area contributed by atoms with Crippen molar-refractivity contribution in [1.82, 2.24) is 0 Å². The van der Waals surface area contributed by atoms with Crippen molar-refractivity contribution < 1.29 is 14.7 Å². The van der Waals surface area contributed by atoms with Crippen molar-refractivity contribution in [3.05, 3.63) is 29.3 Å². The van der Waals surface area contributed by atoms with Crippen molar-refractivity contribution in [2.75, 3.05) is 26.2 Å². The summed E-state index contributed by atoms with van der Waals surface area (Å²) in [4.78, 5) is 1.51. The summed E-state index contributed by atoms with van der Waals surface area (Å²) in [5.74, 6) is 1.71. The Kier molecular flexibility index (Phi) is 5.44. The average molecular weight is 278 g/mol.